The highest BCUT2D eigenvalue weighted by Gasteiger charge is 2.38. The lowest BCUT2D eigenvalue weighted by Crippen LogP contribution is -2.45. The molecule has 4 rings (SSSR count). The molecule has 0 unspecified atom stereocenters. The van der Waals surface area contributed by atoms with E-state index in [2.05, 4.69) is 10.6 Å². The molecule has 1 atom stereocenters. The fraction of sp³-hybridized carbons (Fsp3) is 0.125. The van der Waals surface area contributed by atoms with Crippen LogP contribution in [-0.4, -0.2) is 23.8 Å². The lowest BCUT2D eigenvalue weighted by molar-refractivity contribution is -0.117. The van der Waals surface area contributed by atoms with Crippen LogP contribution >= 0.6 is 0 Å². The molecule has 6 heteroatoms. The minimum absolute atomic E-state index is 0.162. The van der Waals surface area contributed by atoms with Gasteiger partial charge in [0.25, 0.3) is 5.91 Å². The predicted octanol–water partition coefficient (Wildman–Crippen LogP) is 3.86. The molecule has 2 N–H and O–H groups in total. The number of rotatable bonds is 4. The lowest BCUT2D eigenvalue weighted by Gasteiger charge is -2.25. The van der Waals surface area contributed by atoms with Crippen LogP contribution < -0.4 is 15.5 Å². The maximum absolute atomic E-state index is 13.2. The highest BCUT2D eigenvalue weighted by molar-refractivity contribution is 6.13. The third-order valence-electron chi connectivity index (χ3n) is 4.99. The Morgan fingerprint density at radius 3 is 2.07 bits per heavy atom. The lowest BCUT2D eigenvalue weighted by atomic mass is 10.1. The highest BCUT2D eigenvalue weighted by Crippen LogP contribution is 2.34. The average Bonchev–Trinajstić information content (AvgIpc) is 3.14. The Labute approximate surface area is 174 Å². The predicted molar refractivity (Wildman–Crippen MR) is 117 cm³/mol. The maximum Gasteiger partial charge on any atom is 0.259 e. The van der Waals surface area contributed by atoms with Crippen molar-refractivity contribution in [1.29, 1.82) is 0 Å². The summed E-state index contributed by atoms with van der Waals surface area (Å²) in [5.74, 6) is -0.630. The third kappa shape index (κ3) is 3.93. The molecular formula is C24H21N3O3. The van der Waals surface area contributed by atoms with E-state index in [9.17, 15) is 14.4 Å². The molecule has 1 aliphatic heterocycles. The van der Waals surface area contributed by atoms with E-state index in [0.717, 1.165) is 11.3 Å². The Morgan fingerprint density at radius 2 is 1.40 bits per heavy atom. The highest BCUT2D eigenvalue weighted by atomic mass is 16.2. The third-order valence-corrected chi connectivity index (χ3v) is 4.99. The van der Waals surface area contributed by atoms with Gasteiger partial charge in [0.15, 0.2) is 0 Å². The molecular weight excluding hydrogens is 378 g/mol. The first-order valence-electron chi connectivity index (χ1n) is 9.68. The van der Waals surface area contributed by atoms with Crippen LogP contribution in [0.1, 0.15) is 22.8 Å². The summed E-state index contributed by atoms with van der Waals surface area (Å²) in [5.41, 5.74) is 3.49. The van der Waals surface area contributed by atoms with E-state index in [1.807, 2.05) is 30.3 Å². The van der Waals surface area contributed by atoms with Gasteiger partial charge in [0.05, 0.1) is 0 Å². The number of anilines is 3. The number of hydrogen-bond donors (Lipinski definition) is 2. The number of nitrogens with one attached hydrogen (secondary N) is 2. The van der Waals surface area contributed by atoms with Gasteiger partial charge in [0.2, 0.25) is 11.8 Å². The molecule has 6 nitrogen and oxygen atoms in total. The molecule has 30 heavy (non-hydrogen) atoms. The molecule has 1 heterocycles. The van der Waals surface area contributed by atoms with Crippen LogP contribution in [0.3, 0.4) is 0 Å². The summed E-state index contributed by atoms with van der Waals surface area (Å²) >= 11 is 0. The zero-order valence-corrected chi connectivity index (χ0v) is 16.5. The Balaban J connectivity index is 1.58. The number of fused-ring (bicyclic) bond motifs is 1. The molecule has 0 spiro atoms. The Bertz CT molecular complexity index is 1090. The quantitative estimate of drug-likeness (QED) is 0.699. The van der Waals surface area contributed by atoms with Gasteiger partial charge < -0.3 is 10.6 Å². The van der Waals surface area contributed by atoms with Crippen molar-refractivity contribution >= 4 is 34.8 Å². The topological polar surface area (TPSA) is 78.5 Å². The van der Waals surface area contributed by atoms with E-state index in [1.165, 1.54) is 6.92 Å². The Hall–Kier alpha value is -3.93. The van der Waals surface area contributed by atoms with Gasteiger partial charge >= 0.3 is 0 Å². The van der Waals surface area contributed by atoms with E-state index in [4.69, 9.17) is 0 Å². The molecule has 3 aromatic rings. The molecule has 0 radical (unpaired) electrons. The van der Waals surface area contributed by atoms with Crippen LogP contribution in [0.4, 0.5) is 17.1 Å². The summed E-state index contributed by atoms with van der Waals surface area (Å²) in [6.07, 6.45) is 0.449. The summed E-state index contributed by atoms with van der Waals surface area (Å²) in [6, 6.07) is 22.8. The fourth-order valence-electron chi connectivity index (χ4n) is 3.63. The SMILES string of the molecule is CC(=O)Nc1ccc(NC(=O)[C@@H]2Cc3ccccc3N2C(=O)c2ccccc2)cc1. The largest absolute Gasteiger partial charge is 0.326 e. The van der Waals surface area contributed by atoms with Crippen molar-refractivity contribution in [1.82, 2.24) is 0 Å². The van der Waals surface area contributed by atoms with Crippen molar-refractivity contribution in [2.45, 2.75) is 19.4 Å². The molecule has 3 aromatic carbocycles. The number of para-hydroxylation sites is 1. The van der Waals surface area contributed by atoms with Crippen LogP contribution in [-0.2, 0) is 16.0 Å². The molecule has 0 aromatic heterocycles. The number of carbonyl (C=O) groups is 3. The van der Waals surface area contributed by atoms with Gasteiger partial charge in [0, 0.05) is 36.0 Å². The minimum atomic E-state index is -0.648. The van der Waals surface area contributed by atoms with Crippen LogP contribution in [0.2, 0.25) is 0 Å². The van der Waals surface area contributed by atoms with Crippen LogP contribution in [0.5, 0.6) is 0 Å². The minimum Gasteiger partial charge on any atom is -0.326 e. The summed E-state index contributed by atoms with van der Waals surface area (Å²) < 4.78 is 0. The van der Waals surface area contributed by atoms with Gasteiger partial charge in [-0.3, -0.25) is 19.3 Å². The average molecular weight is 399 g/mol. The van der Waals surface area contributed by atoms with Gasteiger partial charge in [-0.05, 0) is 48.0 Å². The van der Waals surface area contributed by atoms with E-state index >= 15 is 0 Å². The van der Waals surface area contributed by atoms with Crippen LogP contribution in [0.25, 0.3) is 0 Å². The monoisotopic (exact) mass is 399 g/mol. The molecule has 0 aliphatic carbocycles. The molecule has 3 amide bonds. The maximum atomic E-state index is 13.2. The fourth-order valence-corrected chi connectivity index (χ4v) is 3.63. The van der Waals surface area contributed by atoms with Gasteiger partial charge in [-0.2, -0.15) is 0 Å². The first-order valence-corrected chi connectivity index (χ1v) is 9.68. The van der Waals surface area contributed by atoms with Crippen LogP contribution in [0, 0.1) is 0 Å². The summed E-state index contributed by atoms with van der Waals surface area (Å²) in [5, 5.41) is 5.58. The zero-order chi connectivity index (χ0) is 21.1. The Kier molecular flexibility index (Phi) is 5.30. The second-order valence-corrected chi connectivity index (χ2v) is 7.14. The number of nitrogens with zero attached hydrogens (tertiary/aromatic N) is 1. The number of hydrogen-bond acceptors (Lipinski definition) is 3. The molecule has 0 bridgehead atoms. The zero-order valence-electron chi connectivity index (χ0n) is 16.5. The van der Waals surface area contributed by atoms with Gasteiger partial charge in [-0.25, -0.2) is 0 Å². The van der Waals surface area contributed by atoms with Crippen molar-refractivity contribution in [2.24, 2.45) is 0 Å². The van der Waals surface area contributed by atoms with Gasteiger partial charge in [-0.1, -0.05) is 36.4 Å². The first kappa shape index (κ1) is 19.4. The van der Waals surface area contributed by atoms with Crippen LogP contribution in [0.15, 0.2) is 78.9 Å². The molecule has 150 valence electrons. The second-order valence-electron chi connectivity index (χ2n) is 7.14. The van der Waals surface area contributed by atoms with E-state index in [0.29, 0.717) is 23.4 Å². The van der Waals surface area contributed by atoms with E-state index in [1.54, 1.807) is 53.4 Å². The normalized spacial score (nSPS) is 14.7. The molecule has 1 aliphatic rings. The molecule has 0 saturated carbocycles. The molecule has 0 fully saturated rings. The van der Waals surface area contributed by atoms with Crippen molar-refractivity contribution in [3.8, 4) is 0 Å². The summed E-state index contributed by atoms with van der Waals surface area (Å²) in [7, 11) is 0. The standard InChI is InChI=1S/C24H21N3O3/c1-16(28)25-19-11-13-20(14-12-19)26-23(29)22-15-18-9-5-6-10-21(18)27(22)24(30)17-7-3-2-4-8-17/h2-14,22H,15H2,1H3,(H,25,28)(H,26,29)/t22-/m0/s1. The smallest absolute Gasteiger partial charge is 0.259 e. The number of benzene rings is 3. The number of carbonyl (C=O) groups excluding carboxylic acids is 3. The first-order chi connectivity index (χ1) is 14.5. The second kappa shape index (κ2) is 8.21. The van der Waals surface area contributed by atoms with Gasteiger partial charge in [-0.15, -0.1) is 0 Å². The van der Waals surface area contributed by atoms with Gasteiger partial charge in [0.1, 0.15) is 6.04 Å². The summed E-state index contributed by atoms with van der Waals surface area (Å²) in [4.78, 5) is 39.1. The van der Waals surface area contributed by atoms with E-state index < -0.39 is 6.04 Å². The Morgan fingerprint density at radius 1 is 0.800 bits per heavy atom. The number of amides is 3. The summed E-state index contributed by atoms with van der Waals surface area (Å²) in [6.45, 7) is 1.44. The van der Waals surface area contributed by atoms with E-state index in [-0.39, 0.29) is 17.7 Å². The van der Waals surface area contributed by atoms with Crippen molar-refractivity contribution in [3.63, 3.8) is 0 Å². The van der Waals surface area contributed by atoms with Crippen molar-refractivity contribution in [2.75, 3.05) is 15.5 Å². The van der Waals surface area contributed by atoms with Crippen molar-refractivity contribution < 1.29 is 14.4 Å². The van der Waals surface area contributed by atoms with Crippen molar-refractivity contribution in [3.05, 3.63) is 90.0 Å². The molecule has 0 saturated heterocycles.